The van der Waals surface area contributed by atoms with Crippen LogP contribution in [0.1, 0.15) is 23.5 Å². The van der Waals surface area contributed by atoms with Gasteiger partial charge in [-0.15, -0.1) is 0 Å². The number of nitrogen functional groups attached to an aromatic ring is 1. The highest BCUT2D eigenvalue weighted by atomic mass is 32.2. The van der Waals surface area contributed by atoms with Crippen LogP contribution in [0.3, 0.4) is 0 Å². The van der Waals surface area contributed by atoms with Crippen molar-refractivity contribution in [2.24, 2.45) is 0 Å². The molecule has 0 aliphatic heterocycles. The molecule has 3 nitrogen and oxygen atoms in total. The fourth-order valence-corrected chi connectivity index (χ4v) is 2.16. The highest BCUT2D eigenvalue weighted by Crippen LogP contribution is 2.41. The Bertz CT molecular complexity index is 428. The van der Waals surface area contributed by atoms with Crippen molar-refractivity contribution in [3.05, 3.63) is 35.7 Å². The molecular formula is C11H14NO2S. The molecule has 2 N–H and O–H groups in total. The number of benzene rings is 1. The normalized spacial score (nSPS) is 15.8. The van der Waals surface area contributed by atoms with Gasteiger partial charge < -0.3 is 5.73 Å². The van der Waals surface area contributed by atoms with E-state index in [9.17, 15) is 8.42 Å². The molecule has 1 saturated carbocycles. The number of aryl methyl sites for hydroxylation is 1. The fourth-order valence-electron chi connectivity index (χ4n) is 1.74. The van der Waals surface area contributed by atoms with Gasteiger partial charge in [0.15, 0.2) is 0 Å². The van der Waals surface area contributed by atoms with Crippen molar-refractivity contribution in [3.63, 3.8) is 0 Å². The molecule has 1 radical (unpaired) electrons. The molecule has 1 aliphatic carbocycles. The summed E-state index contributed by atoms with van der Waals surface area (Å²) >= 11 is 0. The minimum atomic E-state index is -2.30. The van der Waals surface area contributed by atoms with E-state index < -0.39 is 10.7 Å². The number of thiol groups is 1. The van der Waals surface area contributed by atoms with Gasteiger partial charge in [-0.1, -0.05) is 6.07 Å². The zero-order valence-corrected chi connectivity index (χ0v) is 9.24. The summed E-state index contributed by atoms with van der Waals surface area (Å²) < 4.78 is 21.1. The minimum Gasteiger partial charge on any atom is -0.399 e. The van der Waals surface area contributed by atoms with E-state index in [1.54, 1.807) is 0 Å². The largest absolute Gasteiger partial charge is 0.399 e. The molecule has 4 heteroatoms. The Kier molecular flexibility index (Phi) is 2.95. The van der Waals surface area contributed by atoms with Crippen LogP contribution in [0.4, 0.5) is 5.69 Å². The molecule has 1 fully saturated rings. The number of nitrogens with two attached hydrogens (primary N) is 1. The molecule has 0 spiro atoms. The van der Waals surface area contributed by atoms with Crippen LogP contribution < -0.4 is 5.73 Å². The Hall–Kier alpha value is -1.03. The molecule has 0 amide bonds. The molecule has 1 aromatic carbocycles. The Morgan fingerprint density at radius 3 is 2.73 bits per heavy atom. The lowest BCUT2D eigenvalue weighted by atomic mass is 10.0. The van der Waals surface area contributed by atoms with Crippen molar-refractivity contribution in [1.82, 2.24) is 0 Å². The quantitative estimate of drug-likeness (QED) is 0.595. The fraction of sp³-hybridized carbons (Fsp3) is 0.364. The summed E-state index contributed by atoms with van der Waals surface area (Å²) in [6, 6.07) is 5.78. The number of anilines is 1. The third-order valence-electron chi connectivity index (χ3n) is 2.60. The summed E-state index contributed by atoms with van der Waals surface area (Å²) in [6.07, 6.45) is 3.88. The van der Waals surface area contributed by atoms with E-state index in [1.165, 1.54) is 5.56 Å². The van der Waals surface area contributed by atoms with Crippen LogP contribution in [-0.4, -0.2) is 14.2 Å². The third kappa shape index (κ3) is 2.72. The van der Waals surface area contributed by atoms with Crippen LogP contribution in [0.5, 0.6) is 0 Å². The third-order valence-corrected chi connectivity index (χ3v) is 3.19. The van der Waals surface area contributed by atoms with Gasteiger partial charge in [0.25, 0.3) is 0 Å². The zero-order chi connectivity index (χ0) is 10.8. The average molecular weight is 224 g/mol. The summed E-state index contributed by atoms with van der Waals surface area (Å²) in [5, 5.41) is 0. The number of hydrogen-bond acceptors (Lipinski definition) is 3. The standard InChI is InChI=1S/C11H14NO2S/c12-10-3-4-11(8-1-2-8)9(7-10)5-6-15(13)14/h1,3-4,7-8,15H,2,5-6,12H2. The van der Waals surface area contributed by atoms with Gasteiger partial charge in [0.05, 0.1) is 5.75 Å². The SMILES string of the molecule is Nc1ccc(C2[CH]C2)c(CC[SH](=O)=O)c1. The van der Waals surface area contributed by atoms with Gasteiger partial charge in [-0.2, -0.15) is 0 Å². The lowest BCUT2D eigenvalue weighted by Crippen LogP contribution is -2.00. The molecule has 81 valence electrons. The van der Waals surface area contributed by atoms with E-state index in [0.717, 1.165) is 12.0 Å². The van der Waals surface area contributed by atoms with Crippen LogP contribution in [0.2, 0.25) is 0 Å². The van der Waals surface area contributed by atoms with Crippen LogP contribution in [-0.2, 0) is 17.1 Å². The highest BCUT2D eigenvalue weighted by molar-refractivity contribution is 7.72. The topological polar surface area (TPSA) is 60.2 Å². The summed E-state index contributed by atoms with van der Waals surface area (Å²) in [4.78, 5) is 0. The van der Waals surface area contributed by atoms with E-state index in [1.807, 2.05) is 18.2 Å². The first-order valence-electron chi connectivity index (χ1n) is 5.00. The summed E-state index contributed by atoms with van der Waals surface area (Å²) in [5.74, 6) is 0.725. The van der Waals surface area contributed by atoms with Gasteiger partial charge >= 0.3 is 0 Å². The van der Waals surface area contributed by atoms with Gasteiger partial charge in [0.1, 0.15) is 10.7 Å². The molecule has 2 rings (SSSR count). The molecule has 0 heterocycles. The summed E-state index contributed by atoms with van der Waals surface area (Å²) in [7, 11) is -2.30. The number of hydrogen-bond donors (Lipinski definition) is 2. The van der Waals surface area contributed by atoms with Gasteiger partial charge in [-0.25, -0.2) is 8.42 Å². The molecule has 1 atom stereocenters. The Morgan fingerprint density at radius 2 is 2.13 bits per heavy atom. The maximum atomic E-state index is 10.6. The van der Waals surface area contributed by atoms with Gasteiger partial charge in [-0.3, -0.25) is 0 Å². The first-order chi connectivity index (χ1) is 7.16. The van der Waals surface area contributed by atoms with E-state index in [4.69, 9.17) is 5.73 Å². The predicted molar refractivity (Wildman–Crippen MR) is 61.4 cm³/mol. The lowest BCUT2D eigenvalue weighted by Gasteiger charge is -2.08. The molecular weight excluding hydrogens is 210 g/mol. The van der Waals surface area contributed by atoms with Crippen LogP contribution in [0.15, 0.2) is 18.2 Å². The van der Waals surface area contributed by atoms with E-state index in [0.29, 0.717) is 18.0 Å². The van der Waals surface area contributed by atoms with Gasteiger partial charge in [0.2, 0.25) is 0 Å². The van der Waals surface area contributed by atoms with E-state index >= 15 is 0 Å². The van der Waals surface area contributed by atoms with Gasteiger partial charge in [-0.05, 0) is 48.4 Å². The second-order valence-electron chi connectivity index (χ2n) is 3.84. The first kappa shape index (κ1) is 10.5. The predicted octanol–water partition coefficient (Wildman–Crippen LogP) is 1.11. The lowest BCUT2D eigenvalue weighted by molar-refractivity contribution is 0.613. The summed E-state index contributed by atoms with van der Waals surface area (Å²) in [5.41, 5.74) is 8.71. The van der Waals surface area contributed by atoms with Crippen molar-refractivity contribution in [2.45, 2.75) is 18.8 Å². The maximum absolute atomic E-state index is 10.6. The second kappa shape index (κ2) is 4.23. The van der Waals surface area contributed by atoms with Crippen LogP contribution in [0, 0.1) is 6.42 Å². The Balaban J connectivity index is 2.21. The van der Waals surface area contributed by atoms with Crippen molar-refractivity contribution in [2.75, 3.05) is 11.5 Å². The monoisotopic (exact) mass is 224 g/mol. The molecule has 1 aromatic rings. The molecule has 0 aromatic heterocycles. The molecule has 0 saturated heterocycles. The van der Waals surface area contributed by atoms with Crippen molar-refractivity contribution >= 4 is 16.4 Å². The van der Waals surface area contributed by atoms with Crippen molar-refractivity contribution < 1.29 is 8.42 Å². The maximum Gasteiger partial charge on any atom is 0.140 e. The van der Waals surface area contributed by atoms with Crippen LogP contribution >= 0.6 is 0 Å². The molecule has 0 bridgehead atoms. The highest BCUT2D eigenvalue weighted by Gasteiger charge is 2.26. The van der Waals surface area contributed by atoms with Gasteiger partial charge in [0, 0.05) is 5.69 Å². The molecule has 1 aliphatic rings. The van der Waals surface area contributed by atoms with Crippen molar-refractivity contribution in [1.29, 1.82) is 0 Å². The van der Waals surface area contributed by atoms with E-state index in [-0.39, 0.29) is 5.75 Å². The smallest absolute Gasteiger partial charge is 0.140 e. The second-order valence-corrected chi connectivity index (χ2v) is 4.96. The number of rotatable bonds is 4. The first-order valence-corrected chi connectivity index (χ1v) is 6.36. The Labute approximate surface area is 91.2 Å². The van der Waals surface area contributed by atoms with Crippen molar-refractivity contribution in [3.8, 4) is 0 Å². The molecule has 1 unspecified atom stereocenters. The Morgan fingerprint density at radius 1 is 1.40 bits per heavy atom. The molecule has 15 heavy (non-hydrogen) atoms. The summed E-state index contributed by atoms with van der Waals surface area (Å²) in [6.45, 7) is 0. The van der Waals surface area contributed by atoms with Crippen LogP contribution in [0.25, 0.3) is 0 Å². The minimum absolute atomic E-state index is 0.207. The zero-order valence-electron chi connectivity index (χ0n) is 8.35. The van der Waals surface area contributed by atoms with E-state index in [2.05, 4.69) is 6.42 Å². The average Bonchev–Trinajstić information content (AvgIpc) is 2.98.